The van der Waals surface area contributed by atoms with Crippen molar-refractivity contribution in [3.05, 3.63) is 62.9 Å². The van der Waals surface area contributed by atoms with E-state index in [2.05, 4.69) is 4.98 Å². The van der Waals surface area contributed by atoms with Crippen molar-refractivity contribution in [2.75, 3.05) is 13.2 Å². The molecule has 2 N–H and O–H groups in total. The van der Waals surface area contributed by atoms with Gasteiger partial charge in [-0.3, -0.25) is 0 Å². The SMILES string of the molecule is CC(=O)OC[C@@]1(CO)C[C@@H]([Se]c2ccccc2)[C@H](n2cc(C)c(=O)[nH]c2=O)O1. The predicted octanol–water partition coefficient (Wildman–Crippen LogP) is -0.124. The van der Waals surface area contributed by atoms with Crippen LogP contribution < -0.4 is 15.7 Å². The summed E-state index contributed by atoms with van der Waals surface area (Å²) in [6.45, 7) is 2.45. The third-order valence-electron chi connectivity index (χ3n) is 4.54. The van der Waals surface area contributed by atoms with Gasteiger partial charge in [0, 0.05) is 0 Å². The number of hydrogen-bond acceptors (Lipinski definition) is 6. The van der Waals surface area contributed by atoms with Crippen LogP contribution in [0.3, 0.4) is 0 Å². The molecule has 1 aromatic heterocycles. The molecule has 3 atom stereocenters. The van der Waals surface area contributed by atoms with Gasteiger partial charge in [0.05, 0.1) is 0 Å². The van der Waals surface area contributed by atoms with E-state index < -0.39 is 29.0 Å². The Morgan fingerprint density at radius 2 is 2.11 bits per heavy atom. The second-order valence-electron chi connectivity index (χ2n) is 6.78. The number of carbonyl (C=O) groups excluding carboxylic acids is 1. The molecule has 0 saturated carbocycles. The predicted molar refractivity (Wildman–Crippen MR) is 103 cm³/mol. The Hall–Kier alpha value is -2.19. The van der Waals surface area contributed by atoms with Crippen LogP contribution in [-0.2, 0) is 14.3 Å². The first-order valence-electron chi connectivity index (χ1n) is 8.79. The van der Waals surface area contributed by atoms with E-state index in [0.29, 0.717) is 12.0 Å². The van der Waals surface area contributed by atoms with Crippen molar-refractivity contribution in [2.45, 2.75) is 36.9 Å². The molecule has 0 spiro atoms. The first-order chi connectivity index (χ1) is 13.3. The normalized spacial score (nSPS) is 24.2. The number of esters is 1. The van der Waals surface area contributed by atoms with Crippen molar-refractivity contribution in [1.82, 2.24) is 9.55 Å². The van der Waals surface area contributed by atoms with Crippen molar-refractivity contribution in [1.29, 1.82) is 0 Å². The molecule has 8 nitrogen and oxygen atoms in total. The number of aromatic amines is 1. The van der Waals surface area contributed by atoms with Crippen molar-refractivity contribution in [3.63, 3.8) is 0 Å². The van der Waals surface area contributed by atoms with Gasteiger partial charge in [0.1, 0.15) is 0 Å². The maximum absolute atomic E-state index is 12.4. The van der Waals surface area contributed by atoms with E-state index >= 15 is 0 Å². The quantitative estimate of drug-likeness (QED) is 0.466. The number of ether oxygens (including phenoxy) is 2. The second-order valence-corrected chi connectivity index (χ2v) is 9.54. The Labute approximate surface area is 167 Å². The number of H-pyrrole nitrogens is 1. The third kappa shape index (κ3) is 4.44. The Bertz CT molecular complexity index is 957. The van der Waals surface area contributed by atoms with Gasteiger partial charge in [-0.2, -0.15) is 0 Å². The molecular formula is C19H22N2O6Se. The number of carbonyl (C=O) groups is 1. The standard InChI is InChI=1S/C19H22N2O6Se/c1-12-9-21(18(25)20-16(12)24)17-15(28-14-6-4-3-5-7-14)8-19(10-22,27-17)11-26-13(2)23/h3-7,9,15,17,22H,8,10-11H2,1-2H3,(H,20,24,25)/t15-,17-,19+/m1/s1. The summed E-state index contributed by atoms with van der Waals surface area (Å²) in [4.78, 5) is 37.6. The van der Waals surface area contributed by atoms with E-state index in [1.54, 1.807) is 6.92 Å². The van der Waals surface area contributed by atoms with Gasteiger partial charge >= 0.3 is 167 Å². The van der Waals surface area contributed by atoms with E-state index in [0.717, 1.165) is 4.46 Å². The number of hydrogen-bond donors (Lipinski definition) is 2. The number of nitrogens with zero attached hydrogens (tertiary/aromatic N) is 1. The molecule has 3 rings (SSSR count). The van der Waals surface area contributed by atoms with Crippen LogP contribution in [0.25, 0.3) is 0 Å². The number of aryl methyl sites for hydroxylation is 1. The first kappa shape index (κ1) is 20.5. The Morgan fingerprint density at radius 1 is 1.39 bits per heavy atom. The molecule has 0 bridgehead atoms. The summed E-state index contributed by atoms with van der Waals surface area (Å²) in [5.41, 5.74) is -1.73. The van der Waals surface area contributed by atoms with Crippen molar-refractivity contribution < 1.29 is 19.4 Å². The van der Waals surface area contributed by atoms with Gasteiger partial charge in [0.15, 0.2) is 0 Å². The van der Waals surface area contributed by atoms with Crippen molar-refractivity contribution in [3.8, 4) is 0 Å². The van der Waals surface area contributed by atoms with Crippen LogP contribution in [0, 0.1) is 6.92 Å². The van der Waals surface area contributed by atoms with E-state index in [1.165, 1.54) is 17.7 Å². The van der Waals surface area contributed by atoms with Gasteiger partial charge in [-0.05, 0) is 0 Å². The van der Waals surface area contributed by atoms with E-state index in [-0.39, 0.29) is 33.0 Å². The molecule has 9 heteroatoms. The number of rotatable bonds is 6. The average Bonchev–Trinajstić information content (AvgIpc) is 3.03. The number of aliphatic hydroxyl groups is 1. The fourth-order valence-corrected chi connectivity index (χ4v) is 5.95. The molecule has 1 saturated heterocycles. The minimum absolute atomic E-state index is 0.0808. The van der Waals surface area contributed by atoms with E-state index in [1.807, 2.05) is 30.3 Å². The van der Waals surface area contributed by atoms with Crippen LogP contribution in [0.5, 0.6) is 0 Å². The van der Waals surface area contributed by atoms with Crippen LogP contribution in [0.15, 0.2) is 46.1 Å². The number of nitrogens with one attached hydrogen (secondary N) is 1. The van der Waals surface area contributed by atoms with Gasteiger partial charge in [-0.25, -0.2) is 0 Å². The van der Waals surface area contributed by atoms with Gasteiger partial charge in [0.25, 0.3) is 0 Å². The van der Waals surface area contributed by atoms with Crippen molar-refractivity contribution >= 4 is 25.4 Å². The number of aliphatic hydroxyl groups excluding tert-OH is 1. The topological polar surface area (TPSA) is 111 Å². The zero-order valence-electron chi connectivity index (χ0n) is 15.6. The van der Waals surface area contributed by atoms with E-state index in [4.69, 9.17) is 9.47 Å². The molecule has 0 amide bonds. The Balaban J connectivity index is 1.98. The van der Waals surface area contributed by atoms with Gasteiger partial charge < -0.3 is 0 Å². The molecule has 2 aromatic rings. The molecule has 0 radical (unpaired) electrons. The van der Waals surface area contributed by atoms with Crippen LogP contribution in [0.2, 0.25) is 4.82 Å². The fraction of sp³-hybridized carbons (Fsp3) is 0.421. The summed E-state index contributed by atoms with van der Waals surface area (Å²) >= 11 is -0.0808. The molecule has 1 aromatic carbocycles. The van der Waals surface area contributed by atoms with Gasteiger partial charge in [-0.15, -0.1) is 0 Å². The molecule has 1 aliphatic rings. The molecule has 1 aliphatic heterocycles. The van der Waals surface area contributed by atoms with Crippen LogP contribution in [0.4, 0.5) is 0 Å². The van der Waals surface area contributed by atoms with Gasteiger partial charge in [-0.1, -0.05) is 0 Å². The number of aromatic nitrogens is 2. The first-order valence-corrected chi connectivity index (χ1v) is 10.6. The Kier molecular flexibility index (Phi) is 6.20. The monoisotopic (exact) mass is 454 g/mol. The molecule has 0 unspecified atom stereocenters. The van der Waals surface area contributed by atoms with E-state index in [9.17, 15) is 19.5 Å². The Morgan fingerprint density at radius 3 is 2.75 bits per heavy atom. The summed E-state index contributed by atoms with van der Waals surface area (Å²) in [6, 6.07) is 9.81. The van der Waals surface area contributed by atoms with Crippen LogP contribution in [0.1, 0.15) is 25.1 Å². The zero-order chi connectivity index (χ0) is 20.3. The fourth-order valence-electron chi connectivity index (χ4n) is 3.11. The summed E-state index contributed by atoms with van der Waals surface area (Å²) in [6.07, 6.45) is 1.20. The maximum atomic E-state index is 12.4. The molecule has 1 fully saturated rings. The van der Waals surface area contributed by atoms with Crippen LogP contribution in [-0.4, -0.2) is 54.4 Å². The average molecular weight is 453 g/mol. The zero-order valence-corrected chi connectivity index (χ0v) is 17.3. The third-order valence-corrected chi connectivity index (χ3v) is 7.15. The number of benzene rings is 1. The molecule has 28 heavy (non-hydrogen) atoms. The second kappa shape index (κ2) is 8.44. The van der Waals surface area contributed by atoms with Crippen LogP contribution >= 0.6 is 0 Å². The van der Waals surface area contributed by atoms with Crippen molar-refractivity contribution in [2.24, 2.45) is 0 Å². The minimum atomic E-state index is -1.10. The summed E-state index contributed by atoms with van der Waals surface area (Å²) in [7, 11) is 0. The molecular weight excluding hydrogens is 431 g/mol. The molecule has 0 aliphatic carbocycles. The molecule has 150 valence electrons. The summed E-state index contributed by atoms with van der Waals surface area (Å²) in [5, 5.41) is 9.99. The molecule has 2 heterocycles. The van der Waals surface area contributed by atoms with Gasteiger partial charge in [0.2, 0.25) is 0 Å². The summed E-state index contributed by atoms with van der Waals surface area (Å²) in [5.74, 6) is -0.470. The summed E-state index contributed by atoms with van der Waals surface area (Å²) < 4.78 is 13.7.